The molecule has 2 amide bonds. The Bertz CT molecular complexity index is 775. The summed E-state index contributed by atoms with van der Waals surface area (Å²) >= 11 is 0. The van der Waals surface area contributed by atoms with Gasteiger partial charge in [-0.15, -0.1) is 0 Å². The van der Waals surface area contributed by atoms with Gasteiger partial charge in [0.25, 0.3) is 0 Å². The molecule has 0 atom stereocenters. The van der Waals surface area contributed by atoms with Crippen molar-refractivity contribution < 1.29 is 4.79 Å². The largest absolute Gasteiger partial charge is 0.368 e. The van der Waals surface area contributed by atoms with Gasteiger partial charge in [-0.25, -0.2) is 4.79 Å². The first kappa shape index (κ1) is 19.3. The average molecular weight is 366 g/mol. The number of nitrogens with one attached hydrogen (secondary N) is 1. The lowest BCUT2D eigenvalue weighted by Gasteiger charge is -2.38. The minimum Gasteiger partial charge on any atom is -0.368 e. The zero-order chi connectivity index (χ0) is 19.4. The summed E-state index contributed by atoms with van der Waals surface area (Å²) in [6, 6.07) is 14.9. The van der Waals surface area contributed by atoms with E-state index in [-0.39, 0.29) is 6.03 Å². The molecule has 0 radical (unpaired) electrons. The van der Waals surface area contributed by atoms with Crippen LogP contribution in [0.15, 0.2) is 42.5 Å². The number of anilines is 1. The predicted octanol–water partition coefficient (Wildman–Crippen LogP) is 4.46. The van der Waals surface area contributed by atoms with Crippen molar-refractivity contribution in [3.63, 3.8) is 0 Å². The molecule has 1 aliphatic heterocycles. The maximum absolute atomic E-state index is 12.5. The van der Waals surface area contributed by atoms with Gasteiger partial charge in [0, 0.05) is 38.4 Å². The smallest absolute Gasteiger partial charge is 0.317 e. The number of rotatable bonds is 4. The molecule has 0 spiro atoms. The Hall–Kier alpha value is -2.49. The van der Waals surface area contributed by atoms with Gasteiger partial charge in [0.05, 0.1) is 0 Å². The van der Waals surface area contributed by atoms with E-state index in [4.69, 9.17) is 0 Å². The fourth-order valence-electron chi connectivity index (χ4n) is 3.71. The van der Waals surface area contributed by atoms with Gasteiger partial charge in [0.1, 0.15) is 0 Å². The second-order valence-corrected chi connectivity index (χ2v) is 7.79. The molecule has 0 aliphatic carbocycles. The van der Waals surface area contributed by atoms with E-state index >= 15 is 0 Å². The molecule has 2 aromatic rings. The summed E-state index contributed by atoms with van der Waals surface area (Å²) in [7, 11) is 0. The van der Waals surface area contributed by atoms with Crippen LogP contribution >= 0.6 is 0 Å². The lowest BCUT2D eigenvalue weighted by molar-refractivity contribution is 0.194. The number of piperazine rings is 1. The number of amides is 2. The predicted molar refractivity (Wildman–Crippen MR) is 112 cm³/mol. The van der Waals surface area contributed by atoms with Crippen LogP contribution < -0.4 is 10.2 Å². The molecule has 0 aromatic heterocycles. The minimum absolute atomic E-state index is 0.0316. The fourth-order valence-corrected chi connectivity index (χ4v) is 3.71. The molecule has 2 aromatic carbocycles. The van der Waals surface area contributed by atoms with Gasteiger partial charge in [0.2, 0.25) is 0 Å². The second kappa shape index (κ2) is 8.47. The highest BCUT2D eigenvalue weighted by Crippen LogP contribution is 2.31. The first-order valence-electron chi connectivity index (χ1n) is 9.88. The van der Waals surface area contributed by atoms with Crippen LogP contribution in [-0.2, 0) is 6.54 Å². The first-order valence-corrected chi connectivity index (χ1v) is 9.88. The molecule has 27 heavy (non-hydrogen) atoms. The molecule has 4 nitrogen and oxygen atoms in total. The van der Waals surface area contributed by atoms with E-state index in [1.807, 2.05) is 4.90 Å². The lowest BCUT2D eigenvalue weighted by Crippen LogP contribution is -2.52. The van der Waals surface area contributed by atoms with Gasteiger partial charge in [-0.3, -0.25) is 0 Å². The molecule has 3 rings (SSSR count). The minimum atomic E-state index is 0.0316. The molecule has 0 bridgehead atoms. The van der Waals surface area contributed by atoms with Crippen LogP contribution in [0.3, 0.4) is 0 Å². The third-order valence-corrected chi connectivity index (χ3v) is 5.34. The van der Waals surface area contributed by atoms with Crippen molar-refractivity contribution >= 4 is 11.7 Å². The summed E-state index contributed by atoms with van der Waals surface area (Å²) in [4.78, 5) is 16.9. The standard InChI is InChI=1S/C23H31N3O/c1-17(2)21-7-5-6-19(4)22(21)25-12-14-26(15-13-25)23(27)24-16-20-10-8-18(3)9-11-20/h5-11,17H,12-16H2,1-4H3,(H,24,27). The normalized spacial score (nSPS) is 14.6. The third kappa shape index (κ3) is 4.62. The van der Waals surface area contributed by atoms with E-state index in [2.05, 4.69) is 80.4 Å². The summed E-state index contributed by atoms with van der Waals surface area (Å²) in [6.07, 6.45) is 0. The SMILES string of the molecule is Cc1ccc(CNC(=O)N2CCN(c3c(C)cccc3C(C)C)CC2)cc1. The number of carbonyl (C=O) groups excluding carboxylic acids is 1. The van der Waals surface area contributed by atoms with Crippen molar-refractivity contribution in [2.75, 3.05) is 31.1 Å². The number of carbonyl (C=O) groups is 1. The molecule has 1 saturated heterocycles. The van der Waals surface area contributed by atoms with E-state index in [1.165, 1.54) is 22.4 Å². The highest BCUT2D eigenvalue weighted by Gasteiger charge is 2.24. The van der Waals surface area contributed by atoms with Crippen LogP contribution in [0.4, 0.5) is 10.5 Å². The second-order valence-electron chi connectivity index (χ2n) is 7.79. The average Bonchev–Trinajstić information content (AvgIpc) is 2.67. The van der Waals surface area contributed by atoms with Crippen LogP contribution in [-0.4, -0.2) is 37.1 Å². The molecular formula is C23H31N3O. The highest BCUT2D eigenvalue weighted by molar-refractivity contribution is 5.74. The van der Waals surface area contributed by atoms with Crippen LogP contribution in [0.2, 0.25) is 0 Å². The molecule has 0 unspecified atom stereocenters. The number of para-hydroxylation sites is 1. The Labute approximate surface area is 163 Å². The van der Waals surface area contributed by atoms with Crippen LogP contribution in [0.1, 0.15) is 42.0 Å². The van der Waals surface area contributed by atoms with Crippen LogP contribution in [0.5, 0.6) is 0 Å². The molecule has 1 fully saturated rings. The Morgan fingerprint density at radius 3 is 2.30 bits per heavy atom. The number of hydrogen-bond donors (Lipinski definition) is 1. The van der Waals surface area contributed by atoms with E-state index in [0.717, 1.165) is 31.7 Å². The summed E-state index contributed by atoms with van der Waals surface area (Å²) in [5.74, 6) is 0.496. The van der Waals surface area contributed by atoms with E-state index in [0.29, 0.717) is 12.5 Å². The van der Waals surface area contributed by atoms with E-state index < -0.39 is 0 Å². The molecular weight excluding hydrogens is 334 g/mol. The Morgan fingerprint density at radius 1 is 1.00 bits per heavy atom. The summed E-state index contributed by atoms with van der Waals surface area (Å²) in [6.45, 7) is 12.6. The Kier molecular flexibility index (Phi) is 6.04. The topological polar surface area (TPSA) is 35.6 Å². The van der Waals surface area contributed by atoms with Crippen LogP contribution in [0.25, 0.3) is 0 Å². The summed E-state index contributed by atoms with van der Waals surface area (Å²) in [5, 5.41) is 3.05. The van der Waals surface area contributed by atoms with Crippen molar-refractivity contribution in [3.8, 4) is 0 Å². The molecule has 1 heterocycles. The number of nitrogens with zero attached hydrogens (tertiary/aromatic N) is 2. The summed E-state index contributed by atoms with van der Waals surface area (Å²) in [5.41, 5.74) is 6.44. The molecule has 144 valence electrons. The van der Waals surface area contributed by atoms with Gasteiger partial charge >= 0.3 is 6.03 Å². The van der Waals surface area contributed by atoms with Gasteiger partial charge in [-0.1, -0.05) is 61.9 Å². The first-order chi connectivity index (χ1) is 13.0. The zero-order valence-electron chi connectivity index (χ0n) is 17.0. The van der Waals surface area contributed by atoms with Crippen molar-refractivity contribution in [2.24, 2.45) is 0 Å². The van der Waals surface area contributed by atoms with Gasteiger partial charge in [0.15, 0.2) is 0 Å². The van der Waals surface area contributed by atoms with Gasteiger partial charge in [-0.2, -0.15) is 0 Å². The maximum Gasteiger partial charge on any atom is 0.317 e. The monoisotopic (exact) mass is 365 g/mol. The highest BCUT2D eigenvalue weighted by atomic mass is 16.2. The molecule has 1 aliphatic rings. The summed E-state index contributed by atoms with van der Waals surface area (Å²) < 4.78 is 0. The number of urea groups is 1. The quantitative estimate of drug-likeness (QED) is 0.868. The molecule has 4 heteroatoms. The Morgan fingerprint density at radius 2 is 1.67 bits per heavy atom. The van der Waals surface area contributed by atoms with Crippen molar-refractivity contribution in [3.05, 3.63) is 64.7 Å². The molecule has 0 saturated carbocycles. The lowest BCUT2D eigenvalue weighted by atomic mass is 9.97. The Balaban J connectivity index is 1.57. The van der Waals surface area contributed by atoms with Crippen molar-refractivity contribution in [1.29, 1.82) is 0 Å². The number of aryl methyl sites for hydroxylation is 2. The van der Waals surface area contributed by atoms with Crippen molar-refractivity contribution in [2.45, 2.75) is 40.2 Å². The number of benzene rings is 2. The van der Waals surface area contributed by atoms with Crippen LogP contribution in [0, 0.1) is 13.8 Å². The zero-order valence-corrected chi connectivity index (χ0v) is 17.0. The third-order valence-electron chi connectivity index (χ3n) is 5.34. The van der Waals surface area contributed by atoms with E-state index in [9.17, 15) is 4.79 Å². The van der Waals surface area contributed by atoms with Gasteiger partial charge < -0.3 is 15.1 Å². The van der Waals surface area contributed by atoms with Crippen molar-refractivity contribution in [1.82, 2.24) is 10.2 Å². The fraction of sp³-hybridized carbons (Fsp3) is 0.435. The number of hydrogen-bond acceptors (Lipinski definition) is 2. The van der Waals surface area contributed by atoms with E-state index in [1.54, 1.807) is 0 Å². The maximum atomic E-state index is 12.5. The molecule has 1 N–H and O–H groups in total. The van der Waals surface area contributed by atoms with Gasteiger partial charge in [-0.05, 0) is 36.5 Å².